The van der Waals surface area contributed by atoms with Crippen LogP contribution in [0.5, 0.6) is 5.75 Å². The standard InChI is InChI=1S/C8H8N2O3/c1-10-6-5(3-2-4-9-6)13-8(12)7(10)11/h2-4,8,12H,1H3. The molecule has 0 fully saturated rings. The maximum Gasteiger partial charge on any atom is 0.297 e. The summed E-state index contributed by atoms with van der Waals surface area (Å²) in [6.07, 6.45) is 0.144. The van der Waals surface area contributed by atoms with Crippen LogP contribution in [-0.4, -0.2) is 29.3 Å². The molecule has 1 aliphatic rings. The van der Waals surface area contributed by atoms with Crippen molar-refractivity contribution in [2.45, 2.75) is 6.29 Å². The highest BCUT2D eigenvalue weighted by Crippen LogP contribution is 2.29. The number of likely N-dealkylation sites (N-methyl/N-ethyl adjacent to an activating group) is 1. The maximum absolute atomic E-state index is 11.2. The van der Waals surface area contributed by atoms with Crippen LogP contribution in [0.1, 0.15) is 0 Å². The molecule has 1 N–H and O–H groups in total. The SMILES string of the molecule is CN1C(=O)C(O)Oc2cccnc21. The molecule has 0 aliphatic carbocycles. The molecule has 0 aromatic carbocycles. The second-order valence-electron chi connectivity index (χ2n) is 2.69. The number of aliphatic hydroxyl groups excluding tert-OH is 1. The Morgan fingerprint density at radius 2 is 2.46 bits per heavy atom. The zero-order valence-electron chi connectivity index (χ0n) is 6.97. The van der Waals surface area contributed by atoms with E-state index in [0.29, 0.717) is 11.6 Å². The molecule has 0 spiro atoms. The quantitative estimate of drug-likeness (QED) is 0.598. The summed E-state index contributed by atoms with van der Waals surface area (Å²) in [4.78, 5) is 16.4. The number of aromatic nitrogens is 1. The molecular formula is C8H8N2O3. The van der Waals surface area contributed by atoms with Crippen molar-refractivity contribution in [2.75, 3.05) is 11.9 Å². The average Bonchev–Trinajstić information content (AvgIpc) is 2.15. The van der Waals surface area contributed by atoms with Crippen molar-refractivity contribution in [2.24, 2.45) is 0 Å². The zero-order chi connectivity index (χ0) is 9.42. The number of anilines is 1. The number of fused-ring (bicyclic) bond motifs is 1. The van der Waals surface area contributed by atoms with Gasteiger partial charge in [-0.1, -0.05) is 0 Å². The van der Waals surface area contributed by atoms with Crippen molar-refractivity contribution in [3.05, 3.63) is 18.3 Å². The molecule has 68 valence electrons. The van der Waals surface area contributed by atoms with E-state index in [2.05, 4.69) is 4.98 Å². The maximum atomic E-state index is 11.2. The molecule has 2 rings (SSSR count). The van der Waals surface area contributed by atoms with E-state index in [-0.39, 0.29) is 0 Å². The summed E-state index contributed by atoms with van der Waals surface area (Å²) in [5.41, 5.74) is 0. The minimum atomic E-state index is -1.42. The van der Waals surface area contributed by atoms with Gasteiger partial charge in [-0.25, -0.2) is 4.98 Å². The lowest BCUT2D eigenvalue weighted by atomic mass is 10.3. The lowest BCUT2D eigenvalue weighted by Gasteiger charge is -2.27. The van der Waals surface area contributed by atoms with E-state index >= 15 is 0 Å². The molecule has 1 aromatic heterocycles. The highest BCUT2D eigenvalue weighted by atomic mass is 16.6. The van der Waals surface area contributed by atoms with Gasteiger partial charge in [0.1, 0.15) is 0 Å². The van der Waals surface area contributed by atoms with Gasteiger partial charge in [0.25, 0.3) is 12.2 Å². The molecule has 0 radical (unpaired) electrons. The number of carbonyl (C=O) groups excluding carboxylic acids is 1. The van der Waals surface area contributed by atoms with Gasteiger partial charge >= 0.3 is 0 Å². The van der Waals surface area contributed by atoms with E-state index in [1.54, 1.807) is 25.4 Å². The van der Waals surface area contributed by atoms with Crippen LogP contribution in [0.15, 0.2) is 18.3 Å². The third-order valence-electron chi connectivity index (χ3n) is 1.85. The van der Waals surface area contributed by atoms with E-state index in [1.165, 1.54) is 4.90 Å². The zero-order valence-corrected chi connectivity index (χ0v) is 6.97. The summed E-state index contributed by atoms with van der Waals surface area (Å²) >= 11 is 0. The Morgan fingerprint density at radius 1 is 1.69 bits per heavy atom. The largest absolute Gasteiger partial charge is 0.452 e. The first-order valence-electron chi connectivity index (χ1n) is 3.77. The Hall–Kier alpha value is -1.62. The highest BCUT2D eigenvalue weighted by Gasteiger charge is 2.31. The van der Waals surface area contributed by atoms with Gasteiger partial charge in [0.15, 0.2) is 11.6 Å². The molecule has 1 atom stereocenters. The number of hydrogen-bond donors (Lipinski definition) is 1. The molecule has 13 heavy (non-hydrogen) atoms. The molecule has 5 nitrogen and oxygen atoms in total. The summed E-state index contributed by atoms with van der Waals surface area (Å²) in [7, 11) is 1.54. The number of ether oxygens (including phenoxy) is 1. The third kappa shape index (κ3) is 1.13. The van der Waals surface area contributed by atoms with Gasteiger partial charge < -0.3 is 9.84 Å². The summed E-state index contributed by atoms with van der Waals surface area (Å²) in [6, 6.07) is 3.32. The minimum absolute atomic E-state index is 0.414. The number of nitrogens with zero attached hydrogens (tertiary/aromatic N) is 2. The molecule has 2 heterocycles. The third-order valence-corrected chi connectivity index (χ3v) is 1.85. The molecule has 0 bridgehead atoms. The first-order chi connectivity index (χ1) is 6.20. The van der Waals surface area contributed by atoms with Gasteiger partial charge in [-0.3, -0.25) is 9.69 Å². The fourth-order valence-corrected chi connectivity index (χ4v) is 1.17. The number of rotatable bonds is 0. The molecule has 1 aliphatic heterocycles. The van der Waals surface area contributed by atoms with Crippen molar-refractivity contribution in [3.8, 4) is 5.75 Å². The van der Waals surface area contributed by atoms with Crippen LogP contribution in [0, 0.1) is 0 Å². The molecule has 1 amide bonds. The molecule has 0 saturated heterocycles. The monoisotopic (exact) mass is 180 g/mol. The van der Waals surface area contributed by atoms with Gasteiger partial charge in [-0.15, -0.1) is 0 Å². The van der Waals surface area contributed by atoms with Crippen molar-refractivity contribution in [1.29, 1.82) is 0 Å². The van der Waals surface area contributed by atoms with Crippen LogP contribution in [0.4, 0.5) is 5.82 Å². The van der Waals surface area contributed by atoms with E-state index in [9.17, 15) is 4.79 Å². The van der Waals surface area contributed by atoms with Crippen molar-refractivity contribution < 1.29 is 14.6 Å². The topological polar surface area (TPSA) is 62.7 Å². The first kappa shape index (κ1) is 8.00. The second-order valence-corrected chi connectivity index (χ2v) is 2.69. The van der Waals surface area contributed by atoms with Crippen molar-refractivity contribution in [3.63, 3.8) is 0 Å². The van der Waals surface area contributed by atoms with Gasteiger partial charge in [0, 0.05) is 13.2 Å². The van der Waals surface area contributed by atoms with Crippen LogP contribution in [-0.2, 0) is 4.79 Å². The fraction of sp³-hybridized carbons (Fsp3) is 0.250. The van der Waals surface area contributed by atoms with Crippen LogP contribution in [0.2, 0.25) is 0 Å². The van der Waals surface area contributed by atoms with Crippen molar-refractivity contribution in [1.82, 2.24) is 4.98 Å². The van der Waals surface area contributed by atoms with E-state index < -0.39 is 12.2 Å². The lowest BCUT2D eigenvalue weighted by molar-refractivity contribution is -0.142. The number of carbonyl (C=O) groups is 1. The second kappa shape index (κ2) is 2.70. The molecule has 0 saturated carbocycles. The Bertz CT molecular complexity index is 353. The van der Waals surface area contributed by atoms with Crippen LogP contribution in [0.3, 0.4) is 0 Å². The Morgan fingerprint density at radius 3 is 3.23 bits per heavy atom. The predicted octanol–water partition coefficient (Wildman–Crippen LogP) is -0.245. The molecule has 5 heteroatoms. The van der Waals surface area contributed by atoms with Gasteiger partial charge in [0.2, 0.25) is 0 Å². The molecular weight excluding hydrogens is 172 g/mol. The fourth-order valence-electron chi connectivity index (χ4n) is 1.17. The Kier molecular flexibility index (Phi) is 1.66. The van der Waals surface area contributed by atoms with Gasteiger partial charge in [-0.2, -0.15) is 0 Å². The Labute approximate surface area is 74.6 Å². The smallest absolute Gasteiger partial charge is 0.297 e. The molecule has 1 unspecified atom stereocenters. The van der Waals surface area contributed by atoms with E-state index in [1.807, 2.05) is 0 Å². The van der Waals surface area contributed by atoms with Crippen LogP contribution >= 0.6 is 0 Å². The molecule has 1 aromatic rings. The number of pyridine rings is 1. The lowest BCUT2D eigenvalue weighted by Crippen LogP contribution is -2.43. The Balaban J connectivity index is 2.49. The van der Waals surface area contributed by atoms with E-state index in [0.717, 1.165) is 0 Å². The number of hydrogen-bond acceptors (Lipinski definition) is 4. The van der Waals surface area contributed by atoms with Gasteiger partial charge in [0.05, 0.1) is 0 Å². The highest BCUT2D eigenvalue weighted by molar-refractivity contribution is 5.97. The van der Waals surface area contributed by atoms with E-state index in [4.69, 9.17) is 9.84 Å². The predicted molar refractivity (Wildman–Crippen MR) is 44.3 cm³/mol. The van der Waals surface area contributed by atoms with Crippen molar-refractivity contribution >= 4 is 11.7 Å². The van der Waals surface area contributed by atoms with Crippen LogP contribution in [0.25, 0.3) is 0 Å². The summed E-state index contributed by atoms with van der Waals surface area (Å²) in [5.74, 6) is 0.334. The number of amides is 1. The first-order valence-corrected chi connectivity index (χ1v) is 3.77. The summed E-state index contributed by atoms with van der Waals surface area (Å²) in [5, 5.41) is 9.15. The average molecular weight is 180 g/mol. The minimum Gasteiger partial charge on any atom is -0.452 e. The number of aliphatic hydroxyl groups is 1. The summed E-state index contributed by atoms with van der Waals surface area (Å²) < 4.78 is 4.92. The van der Waals surface area contributed by atoms with Crippen LogP contribution < -0.4 is 9.64 Å². The summed E-state index contributed by atoms with van der Waals surface area (Å²) in [6.45, 7) is 0. The normalized spacial score (nSPS) is 20.9. The van der Waals surface area contributed by atoms with Gasteiger partial charge in [-0.05, 0) is 12.1 Å².